The number of aliphatic hydroxyl groups excluding tert-OH is 1. The molecule has 9 heteroatoms. The van der Waals surface area contributed by atoms with Gasteiger partial charge in [0, 0.05) is 50.2 Å². The number of pyridine rings is 1. The van der Waals surface area contributed by atoms with Crippen molar-refractivity contribution < 1.29 is 19.4 Å². The molecule has 2 aromatic heterocycles. The zero-order chi connectivity index (χ0) is 25.1. The number of aromatic nitrogens is 3. The lowest BCUT2D eigenvalue weighted by Crippen LogP contribution is -2.50. The molecule has 1 aromatic carbocycles. The number of benzene rings is 1. The molecule has 36 heavy (non-hydrogen) atoms. The summed E-state index contributed by atoms with van der Waals surface area (Å²) in [7, 11) is 4.01. The lowest BCUT2D eigenvalue weighted by molar-refractivity contribution is -0.145. The van der Waals surface area contributed by atoms with E-state index in [9.17, 15) is 9.90 Å². The van der Waals surface area contributed by atoms with Crippen molar-refractivity contribution in [2.75, 3.05) is 45.3 Å². The van der Waals surface area contributed by atoms with Crippen LogP contribution in [0.1, 0.15) is 25.7 Å². The second-order valence-electron chi connectivity index (χ2n) is 9.77. The van der Waals surface area contributed by atoms with E-state index >= 15 is 0 Å². The predicted molar refractivity (Wildman–Crippen MR) is 137 cm³/mol. The van der Waals surface area contributed by atoms with Gasteiger partial charge in [0.05, 0.1) is 30.5 Å². The number of carbonyl (C=O) groups excluding carboxylic acids is 1. The van der Waals surface area contributed by atoms with E-state index in [-0.39, 0.29) is 30.6 Å². The molecule has 5 rings (SSSR count). The number of hydrogen-bond acceptors (Lipinski definition) is 8. The number of ether oxygens (including phenoxy) is 2. The third kappa shape index (κ3) is 5.42. The topological polar surface area (TPSA) is 101 Å². The summed E-state index contributed by atoms with van der Waals surface area (Å²) in [4.78, 5) is 30.6. The summed E-state index contributed by atoms with van der Waals surface area (Å²) in [5.74, 6) is 0.554. The van der Waals surface area contributed by atoms with Crippen molar-refractivity contribution in [1.29, 1.82) is 0 Å². The fraction of sp³-hybridized carbons (Fsp3) is 0.481. The number of nitrogens with zero attached hydrogens (tertiary/aromatic N) is 5. The molecular formula is C27H33N5O4. The SMILES string of the molecule is CN(C)c1ccc(-c2cc3nccnc3c(OC[C@@H]3CN(C(=O)[C@H]4CC[C@H](O)CC4)CCO3)n2)cc1. The average molecular weight is 492 g/mol. The summed E-state index contributed by atoms with van der Waals surface area (Å²) in [6.45, 7) is 1.79. The molecule has 0 unspecified atom stereocenters. The van der Waals surface area contributed by atoms with Gasteiger partial charge in [0.15, 0.2) is 5.52 Å². The molecule has 3 aromatic rings. The van der Waals surface area contributed by atoms with E-state index in [0.717, 1.165) is 29.8 Å². The summed E-state index contributed by atoms with van der Waals surface area (Å²) >= 11 is 0. The molecule has 2 fully saturated rings. The van der Waals surface area contributed by atoms with Crippen molar-refractivity contribution in [2.24, 2.45) is 5.92 Å². The second kappa shape index (κ2) is 10.8. The summed E-state index contributed by atoms with van der Waals surface area (Å²) in [5, 5.41) is 9.76. The molecule has 2 aliphatic rings. The summed E-state index contributed by atoms with van der Waals surface area (Å²) in [6, 6.07) is 10.1. The Hall–Kier alpha value is -3.30. The molecule has 1 aliphatic carbocycles. The molecule has 3 heterocycles. The second-order valence-corrected chi connectivity index (χ2v) is 9.77. The van der Waals surface area contributed by atoms with E-state index in [4.69, 9.17) is 14.5 Å². The molecule has 1 atom stereocenters. The number of amides is 1. The van der Waals surface area contributed by atoms with Crippen molar-refractivity contribution in [3.8, 4) is 17.1 Å². The highest BCUT2D eigenvalue weighted by atomic mass is 16.5. The number of anilines is 1. The van der Waals surface area contributed by atoms with E-state index in [1.54, 1.807) is 12.4 Å². The van der Waals surface area contributed by atoms with E-state index in [1.807, 2.05) is 54.2 Å². The molecule has 0 bridgehead atoms. The first kappa shape index (κ1) is 24.4. The van der Waals surface area contributed by atoms with Gasteiger partial charge in [-0.25, -0.2) is 9.97 Å². The van der Waals surface area contributed by atoms with Gasteiger partial charge in [-0.2, -0.15) is 0 Å². The van der Waals surface area contributed by atoms with E-state index in [1.165, 1.54) is 0 Å². The third-order valence-electron chi connectivity index (χ3n) is 7.01. The van der Waals surface area contributed by atoms with E-state index < -0.39 is 0 Å². The number of fused-ring (bicyclic) bond motifs is 1. The molecule has 1 aliphatic heterocycles. The van der Waals surface area contributed by atoms with Crippen LogP contribution in [0, 0.1) is 5.92 Å². The maximum atomic E-state index is 13.0. The Morgan fingerprint density at radius 3 is 2.64 bits per heavy atom. The molecule has 1 saturated carbocycles. The molecule has 0 radical (unpaired) electrons. The molecule has 1 amide bonds. The average Bonchev–Trinajstić information content (AvgIpc) is 2.92. The Morgan fingerprint density at radius 1 is 1.14 bits per heavy atom. The zero-order valence-electron chi connectivity index (χ0n) is 20.8. The monoisotopic (exact) mass is 491 g/mol. The maximum absolute atomic E-state index is 13.0. The lowest BCUT2D eigenvalue weighted by Gasteiger charge is -2.36. The van der Waals surface area contributed by atoms with Gasteiger partial charge in [-0.15, -0.1) is 0 Å². The van der Waals surface area contributed by atoms with Crippen LogP contribution >= 0.6 is 0 Å². The van der Waals surface area contributed by atoms with Crippen LogP contribution in [0.15, 0.2) is 42.7 Å². The quantitative estimate of drug-likeness (QED) is 0.562. The van der Waals surface area contributed by atoms with Crippen LogP contribution in [0.2, 0.25) is 0 Å². The Morgan fingerprint density at radius 2 is 1.89 bits per heavy atom. The van der Waals surface area contributed by atoms with Crippen LogP contribution in [0.5, 0.6) is 5.88 Å². The Balaban J connectivity index is 1.30. The van der Waals surface area contributed by atoms with Crippen LogP contribution in [0.4, 0.5) is 5.69 Å². The Labute approximate surface area is 211 Å². The van der Waals surface area contributed by atoms with Crippen molar-refractivity contribution >= 4 is 22.6 Å². The van der Waals surface area contributed by atoms with Gasteiger partial charge in [-0.1, -0.05) is 12.1 Å². The predicted octanol–water partition coefficient (Wildman–Crippen LogP) is 2.92. The smallest absolute Gasteiger partial charge is 0.242 e. The van der Waals surface area contributed by atoms with Crippen LogP contribution in [0.25, 0.3) is 22.3 Å². The highest BCUT2D eigenvalue weighted by molar-refractivity contribution is 5.83. The number of morpholine rings is 1. The molecular weight excluding hydrogens is 458 g/mol. The van der Waals surface area contributed by atoms with Crippen molar-refractivity contribution in [2.45, 2.75) is 37.9 Å². The van der Waals surface area contributed by atoms with Gasteiger partial charge in [0.1, 0.15) is 12.7 Å². The third-order valence-corrected chi connectivity index (χ3v) is 7.01. The van der Waals surface area contributed by atoms with Gasteiger partial charge >= 0.3 is 0 Å². The van der Waals surface area contributed by atoms with Crippen LogP contribution < -0.4 is 9.64 Å². The summed E-state index contributed by atoms with van der Waals surface area (Å²) < 4.78 is 12.1. The zero-order valence-corrected chi connectivity index (χ0v) is 20.8. The highest BCUT2D eigenvalue weighted by Crippen LogP contribution is 2.29. The molecule has 1 N–H and O–H groups in total. The van der Waals surface area contributed by atoms with Crippen LogP contribution in [0.3, 0.4) is 0 Å². The van der Waals surface area contributed by atoms with Gasteiger partial charge in [-0.05, 0) is 43.9 Å². The molecule has 9 nitrogen and oxygen atoms in total. The minimum Gasteiger partial charge on any atom is -0.473 e. The van der Waals surface area contributed by atoms with Gasteiger partial charge < -0.3 is 24.4 Å². The molecule has 190 valence electrons. The Kier molecular flexibility index (Phi) is 7.29. The first-order valence-electron chi connectivity index (χ1n) is 12.6. The van der Waals surface area contributed by atoms with E-state index in [0.29, 0.717) is 49.5 Å². The number of hydrogen-bond donors (Lipinski definition) is 1. The first-order valence-corrected chi connectivity index (χ1v) is 12.6. The molecule has 1 saturated heterocycles. The normalized spacial score (nSPS) is 22.4. The van der Waals surface area contributed by atoms with E-state index in [2.05, 4.69) is 9.97 Å². The first-order chi connectivity index (χ1) is 17.5. The number of aliphatic hydroxyl groups is 1. The van der Waals surface area contributed by atoms with Crippen molar-refractivity contribution in [1.82, 2.24) is 19.9 Å². The van der Waals surface area contributed by atoms with Crippen LogP contribution in [-0.2, 0) is 9.53 Å². The fourth-order valence-electron chi connectivity index (χ4n) is 4.90. The largest absolute Gasteiger partial charge is 0.473 e. The van der Waals surface area contributed by atoms with Gasteiger partial charge in [-0.3, -0.25) is 9.78 Å². The van der Waals surface area contributed by atoms with Crippen LogP contribution in [-0.4, -0.2) is 83.5 Å². The minimum absolute atomic E-state index is 0.00970. The number of carbonyl (C=O) groups is 1. The lowest BCUT2D eigenvalue weighted by atomic mass is 9.86. The Bertz CT molecular complexity index is 1190. The van der Waals surface area contributed by atoms with Crippen molar-refractivity contribution in [3.63, 3.8) is 0 Å². The summed E-state index contributed by atoms with van der Waals surface area (Å²) in [5.41, 5.74) is 4.12. The molecule has 0 spiro atoms. The summed E-state index contributed by atoms with van der Waals surface area (Å²) in [6.07, 6.45) is 5.64. The van der Waals surface area contributed by atoms with Gasteiger partial charge in [0.25, 0.3) is 0 Å². The number of rotatable bonds is 6. The standard InChI is InChI=1S/C27H33N5O4/c1-31(2)20-7-3-18(4-8-20)23-15-24-25(29-12-11-28-24)26(30-23)36-17-22-16-32(13-14-35-22)27(34)19-5-9-21(33)10-6-19/h3-4,7-8,11-12,15,19,21-22,33H,5-6,9-10,13-14,16-17H2,1-2H3/t19-,21-,22-/m0/s1. The van der Waals surface area contributed by atoms with Gasteiger partial charge in [0.2, 0.25) is 11.8 Å². The maximum Gasteiger partial charge on any atom is 0.242 e. The minimum atomic E-state index is -0.271. The fourth-order valence-corrected chi connectivity index (χ4v) is 4.90. The highest BCUT2D eigenvalue weighted by Gasteiger charge is 2.32. The van der Waals surface area contributed by atoms with Crippen molar-refractivity contribution in [3.05, 3.63) is 42.7 Å².